The zero-order chi connectivity index (χ0) is 23.8. The number of amides is 1. The van der Waals surface area contributed by atoms with Crippen LogP contribution in [0.4, 0.5) is 17.1 Å². The minimum atomic E-state index is -1.17. The first-order valence-electron chi connectivity index (χ1n) is 10.4. The molecular formula is C26H18N2O5S. The lowest BCUT2D eigenvalue weighted by Gasteiger charge is -2.18. The molecule has 1 unspecified atom stereocenters. The van der Waals surface area contributed by atoms with Crippen LogP contribution in [0.15, 0.2) is 77.7 Å². The zero-order valence-corrected chi connectivity index (χ0v) is 18.4. The van der Waals surface area contributed by atoms with Crippen LogP contribution in [0, 0.1) is 0 Å². The fourth-order valence-electron chi connectivity index (χ4n) is 3.97. The highest BCUT2D eigenvalue weighted by Gasteiger charge is 2.32. The maximum absolute atomic E-state index is 13.1. The van der Waals surface area contributed by atoms with E-state index in [0.29, 0.717) is 44.8 Å². The summed E-state index contributed by atoms with van der Waals surface area (Å²) in [5.74, 6) is -1.54. The van der Waals surface area contributed by atoms with Gasteiger partial charge in [0, 0.05) is 38.3 Å². The standard InChI is InChI=1S/C26H18N2O5S/c29-13-21(25(32)28-15-6-10-17(31)11-7-15)20-12-22(27-14-4-8-16(30)9-5-14)18-2-1-3-19-23(18)24(20)34-26(19)33/h1-13,21,27,30-31H,(H,28,32). The van der Waals surface area contributed by atoms with Crippen LogP contribution in [0.2, 0.25) is 0 Å². The number of hydrogen-bond donors (Lipinski definition) is 4. The Morgan fingerprint density at radius 2 is 1.56 bits per heavy atom. The van der Waals surface area contributed by atoms with Crippen LogP contribution in [-0.2, 0) is 9.59 Å². The summed E-state index contributed by atoms with van der Waals surface area (Å²) >= 11 is 1.01. The van der Waals surface area contributed by atoms with Gasteiger partial charge in [-0.15, -0.1) is 0 Å². The predicted octanol–water partition coefficient (Wildman–Crippen LogP) is 5.16. The first-order chi connectivity index (χ1) is 16.4. The predicted molar refractivity (Wildman–Crippen MR) is 131 cm³/mol. The third-order valence-corrected chi connectivity index (χ3v) is 6.64. The topological polar surface area (TPSA) is 116 Å². The molecule has 0 fully saturated rings. The van der Waals surface area contributed by atoms with Crippen LogP contribution in [0.25, 0.3) is 10.8 Å². The van der Waals surface area contributed by atoms with Crippen molar-refractivity contribution in [2.24, 2.45) is 0 Å². The van der Waals surface area contributed by atoms with E-state index in [1.807, 2.05) is 6.07 Å². The zero-order valence-electron chi connectivity index (χ0n) is 17.6. The van der Waals surface area contributed by atoms with E-state index in [1.54, 1.807) is 42.5 Å². The lowest BCUT2D eigenvalue weighted by Crippen LogP contribution is -2.23. The number of carbonyl (C=O) groups is 3. The summed E-state index contributed by atoms with van der Waals surface area (Å²) in [6, 6.07) is 19.5. The van der Waals surface area contributed by atoms with Gasteiger partial charge in [-0.05, 0) is 78.0 Å². The van der Waals surface area contributed by atoms with Crippen molar-refractivity contribution >= 4 is 56.9 Å². The summed E-state index contributed by atoms with van der Waals surface area (Å²) in [5.41, 5.74) is 2.69. The molecule has 1 amide bonds. The maximum Gasteiger partial charge on any atom is 0.239 e. The molecule has 7 nitrogen and oxygen atoms in total. The Kier molecular flexibility index (Phi) is 5.43. The Hall–Kier alpha value is -4.30. The SMILES string of the molecule is O=CC(C(=O)Nc1ccc(O)cc1)c1cc(Nc2ccc(O)cc2)c2cccc3c2c1SC3=O. The molecule has 0 saturated carbocycles. The maximum atomic E-state index is 13.1. The van der Waals surface area contributed by atoms with Crippen molar-refractivity contribution in [1.29, 1.82) is 0 Å². The van der Waals surface area contributed by atoms with Gasteiger partial charge in [-0.25, -0.2) is 0 Å². The molecule has 0 bridgehead atoms. The molecule has 34 heavy (non-hydrogen) atoms. The lowest BCUT2D eigenvalue weighted by molar-refractivity contribution is -0.122. The van der Waals surface area contributed by atoms with Crippen LogP contribution in [-0.4, -0.2) is 27.5 Å². The minimum absolute atomic E-state index is 0.0556. The van der Waals surface area contributed by atoms with Gasteiger partial charge in [-0.3, -0.25) is 9.59 Å². The molecule has 8 heteroatoms. The monoisotopic (exact) mass is 470 g/mol. The quantitative estimate of drug-likeness (QED) is 0.175. The second-order valence-corrected chi connectivity index (χ2v) is 8.77. The van der Waals surface area contributed by atoms with Crippen molar-refractivity contribution in [2.45, 2.75) is 10.8 Å². The molecule has 0 radical (unpaired) electrons. The van der Waals surface area contributed by atoms with Crippen LogP contribution in [0.3, 0.4) is 0 Å². The van der Waals surface area contributed by atoms with E-state index in [1.165, 1.54) is 24.3 Å². The van der Waals surface area contributed by atoms with Gasteiger partial charge in [-0.1, -0.05) is 12.1 Å². The Balaban J connectivity index is 1.61. The fourth-order valence-corrected chi connectivity index (χ4v) is 5.06. The fraction of sp³-hybridized carbons (Fsp3) is 0.0385. The van der Waals surface area contributed by atoms with Crippen molar-refractivity contribution in [3.63, 3.8) is 0 Å². The molecule has 1 atom stereocenters. The van der Waals surface area contributed by atoms with Gasteiger partial charge in [0.05, 0.1) is 0 Å². The molecule has 0 saturated heterocycles. The first-order valence-corrected chi connectivity index (χ1v) is 11.2. The highest BCUT2D eigenvalue weighted by Crippen LogP contribution is 2.47. The van der Waals surface area contributed by atoms with Crippen molar-refractivity contribution in [1.82, 2.24) is 0 Å². The average molecular weight is 471 g/mol. The number of thioether (sulfide) groups is 1. The second kappa shape index (κ2) is 8.57. The van der Waals surface area contributed by atoms with Gasteiger partial charge < -0.3 is 25.6 Å². The van der Waals surface area contributed by atoms with Crippen molar-refractivity contribution in [3.05, 3.63) is 83.9 Å². The van der Waals surface area contributed by atoms with Crippen LogP contribution in [0.1, 0.15) is 21.8 Å². The molecular weight excluding hydrogens is 452 g/mol. The Morgan fingerprint density at radius 3 is 2.21 bits per heavy atom. The van der Waals surface area contributed by atoms with Gasteiger partial charge >= 0.3 is 0 Å². The van der Waals surface area contributed by atoms with Crippen LogP contribution < -0.4 is 10.6 Å². The number of phenolic OH excluding ortho intramolecular Hbond substituents is 2. The Labute approximate surface area is 198 Å². The summed E-state index contributed by atoms with van der Waals surface area (Å²) in [7, 11) is 0. The number of nitrogens with one attached hydrogen (secondary N) is 2. The van der Waals surface area contributed by atoms with Crippen LogP contribution >= 0.6 is 11.8 Å². The molecule has 0 aromatic heterocycles. The van der Waals surface area contributed by atoms with Gasteiger partial charge in [0.2, 0.25) is 11.0 Å². The number of aromatic hydroxyl groups is 2. The van der Waals surface area contributed by atoms with E-state index in [4.69, 9.17) is 0 Å². The third-order valence-electron chi connectivity index (χ3n) is 5.59. The minimum Gasteiger partial charge on any atom is -0.508 e. The van der Waals surface area contributed by atoms with Crippen molar-refractivity contribution in [2.75, 3.05) is 10.6 Å². The summed E-state index contributed by atoms with van der Waals surface area (Å²) < 4.78 is 0. The molecule has 0 spiro atoms. The number of phenols is 2. The van der Waals surface area contributed by atoms with E-state index in [-0.39, 0.29) is 16.6 Å². The molecule has 1 aliphatic rings. The number of benzene rings is 4. The second-order valence-electron chi connectivity index (χ2n) is 7.78. The average Bonchev–Trinajstić information content (AvgIpc) is 3.17. The smallest absolute Gasteiger partial charge is 0.239 e. The number of hydrogen-bond acceptors (Lipinski definition) is 7. The molecule has 1 aliphatic heterocycles. The summed E-state index contributed by atoms with van der Waals surface area (Å²) in [6.45, 7) is 0. The van der Waals surface area contributed by atoms with Crippen LogP contribution in [0.5, 0.6) is 11.5 Å². The molecule has 1 heterocycles. The molecule has 5 rings (SSSR count). The lowest BCUT2D eigenvalue weighted by atomic mass is 9.93. The highest BCUT2D eigenvalue weighted by atomic mass is 32.2. The molecule has 4 aromatic rings. The number of carbonyl (C=O) groups excluding carboxylic acids is 3. The summed E-state index contributed by atoms with van der Waals surface area (Å²) in [6.07, 6.45) is 0.559. The van der Waals surface area contributed by atoms with E-state index < -0.39 is 11.8 Å². The van der Waals surface area contributed by atoms with Gasteiger partial charge in [0.25, 0.3) is 0 Å². The number of aldehydes is 1. The van der Waals surface area contributed by atoms with Gasteiger partial charge in [0.15, 0.2) is 0 Å². The Morgan fingerprint density at radius 1 is 0.912 bits per heavy atom. The molecule has 4 N–H and O–H groups in total. The van der Waals surface area contributed by atoms with Gasteiger partial charge in [-0.2, -0.15) is 0 Å². The van der Waals surface area contributed by atoms with E-state index >= 15 is 0 Å². The first kappa shape index (κ1) is 21.5. The normalized spacial score (nSPS) is 13.0. The number of anilines is 3. The van der Waals surface area contributed by atoms with E-state index in [2.05, 4.69) is 10.6 Å². The molecule has 168 valence electrons. The summed E-state index contributed by atoms with van der Waals surface area (Å²) in [4.78, 5) is 38.5. The van der Waals surface area contributed by atoms with Crippen molar-refractivity contribution in [3.8, 4) is 11.5 Å². The Bertz CT molecular complexity index is 1450. The largest absolute Gasteiger partial charge is 0.508 e. The third kappa shape index (κ3) is 3.84. The number of rotatable bonds is 6. The molecule has 0 aliphatic carbocycles. The highest BCUT2D eigenvalue weighted by molar-refractivity contribution is 8.14. The van der Waals surface area contributed by atoms with Gasteiger partial charge in [0.1, 0.15) is 23.7 Å². The summed E-state index contributed by atoms with van der Waals surface area (Å²) in [5, 5.41) is 26.4. The van der Waals surface area contributed by atoms with Crippen molar-refractivity contribution < 1.29 is 24.6 Å². The molecule has 4 aromatic carbocycles. The van der Waals surface area contributed by atoms with E-state index in [0.717, 1.165) is 17.1 Å². The van der Waals surface area contributed by atoms with E-state index in [9.17, 15) is 24.6 Å².